The van der Waals surface area contributed by atoms with E-state index in [1.165, 1.54) is 18.2 Å². The second-order valence-electron chi connectivity index (χ2n) is 3.83. The first kappa shape index (κ1) is 14.0. The van der Waals surface area contributed by atoms with Crippen molar-refractivity contribution in [3.8, 4) is 5.75 Å². The fourth-order valence-corrected chi connectivity index (χ4v) is 2.05. The highest BCUT2D eigenvalue weighted by atomic mass is 79.9. The maximum Gasteiger partial charge on any atom is 0.151 e. The van der Waals surface area contributed by atoms with Gasteiger partial charge in [-0.1, -0.05) is 27.5 Å². The molecule has 2 aromatic rings. The van der Waals surface area contributed by atoms with Crippen LogP contribution in [0, 0.1) is 5.82 Å². The molecule has 0 unspecified atom stereocenters. The molecule has 0 spiro atoms. The van der Waals surface area contributed by atoms with Gasteiger partial charge in [-0.2, -0.15) is 0 Å². The summed E-state index contributed by atoms with van der Waals surface area (Å²) >= 11 is 9.04. The van der Waals surface area contributed by atoms with E-state index in [9.17, 15) is 9.18 Å². The van der Waals surface area contributed by atoms with Crippen molar-refractivity contribution in [2.75, 3.05) is 0 Å². The maximum absolute atomic E-state index is 13.5. The average Bonchev–Trinajstić information content (AvgIpc) is 2.41. The van der Waals surface area contributed by atoms with E-state index in [0.29, 0.717) is 26.4 Å². The molecule has 0 bridgehead atoms. The zero-order chi connectivity index (χ0) is 13.8. The Hall–Kier alpha value is -1.39. The highest BCUT2D eigenvalue weighted by molar-refractivity contribution is 9.10. The fourth-order valence-electron chi connectivity index (χ4n) is 1.52. The van der Waals surface area contributed by atoms with Gasteiger partial charge in [-0.15, -0.1) is 0 Å². The minimum Gasteiger partial charge on any atom is -0.489 e. The second kappa shape index (κ2) is 6.17. The van der Waals surface area contributed by atoms with Crippen molar-refractivity contribution in [1.29, 1.82) is 0 Å². The van der Waals surface area contributed by atoms with E-state index in [1.54, 1.807) is 18.2 Å². The lowest BCUT2D eigenvalue weighted by atomic mass is 10.2. The first-order valence-corrected chi connectivity index (χ1v) is 6.58. The summed E-state index contributed by atoms with van der Waals surface area (Å²) in [6, 6.07) is 9.26. The molecule has 0 atom stereocenters. The standard InChI is InChI=1S/C14H9BrClFO2/c15-13-3-2-12(6-9(13)7-18)19-8-10-5-11(16)1-4-14(10)17/h1-7H,8H2. The Kier molecular flexibility index (Phi) is 4.56. The largest absolute Gasteiger partial charge is 0.489 e. The Labute approximate surface area is 123 Å². The number of rotatable bonds is 4. The molecule has 0 saturated carbocycles. The van der Waals surface area contributed by atoms with E-state index < -0.39 is 0 Å². The lowest BCUT2D eigenvalue weighted by Crippen LogP contribution is -1.99. The van der Waals surface area contributed by atoms with Gasteiger partial charge in [-0.25, -0.2) is 4.39 Å². The highest BCUT2D eigenvalue weighted by Crippen LogP contribution is 2.23. The van der Waals surface area contributed by atoms with Crippen LogP contribution in [0.15, 0.2) is 40.9 Å². The summed E-state index contributed by atoms with van der Waals surface area (Å²) in [5.74, 6) is 0.113. The SMILES string of the molecule is O=Cc1cc(OCc2cc(Cl)ccc2F)ccc1Br. The van der Waals surface area contributed by atoms with Crippen LogP contribution >= 0.6 is 27.5 Å². The molecule has 0 amide bonds. The van der Waals surface area contributed by atoms with Crippen molar-refractivity contribution in [3.05, 3.63) is 62.8 Å². The van der Waals surface area contributed by atoms with Crippen LogP contribution < -0.4 is 4.74 Å². The predicted molar refractivity (Wildman–Crippen MR) is 75.3 cm³/mol. The van der Waals surface area contributed by atoms with Crippen LogP contribution in [0.5, 0.6) is 5.75 Å². The summed E-state index contributed by atoms with van der Waals surface area (Å²) in [4.78, 5) is 10.8. The molecule has 5 heteroatoms. The van der Waals surface area contributed by atoms with Gasteiger partial charge in [0.2, 0.25) is 0 Å². The van der Waals surface area contributed by atoms with Crippen molar-refractivity contribution in [2.24, 2.45) is 0 Å². The third kappa shape index (κ3) is 3.55. The first-order chi connectivity index (χ1) is 9.10. The van der Waals surface area contributed by atoms with Gasteiger partial charge in [0.1, 0.15) is 18.2 Å². The van der Waals surface area contributed by atoms with E-state index in [1.807, 2.05) is 0 Å². The van der Waals surface area contributed by atoms with Crippen molar-refractivity contribution in [2.45, 2.75) is 6.61 Å². The third-order valence-corrected chi connectivity index (χ3v) is 3.45. The first-order valence-electron chi connectivity index (χ1n) is 5.41. The molecule has 98 valence electrons. The molecule has 0 aromatic heterocycles. The van der Waals surface area contributed by atoms with Crippen LogP contribution in [0.2, 0.25) is 5.02 Å². The normalized spacial score (nSPS) is 10.3. The minimum atomic E-state index is -0.378. The van der Waals surface area contributed by atoms with E-state index in [0.717, 1.165) is 6.29 Å². The molecule has 0 fully saturated rings. The third-order valence-electron chi connectivity index (χ3n) is 2.50. The summed E-state index contributed by atoms with van der Waals surface area (Å²) < 4.78 is 19.6. The highest BCUT2D eigenvalue weighted by Gasteiger charge is 2.06. The van der Waals surface area contributed by atoms with Gasteiger partial charge in [0, 0.05) is 20.6 Å². The molecule has 0 saturated heterocycles. The Morgan fingerprint density at radius 3 is 2.79 bits per heavy atom. The van der Waals surface area contributed by atoms with Crippen molar-refractivity contribution < 1.29 is 13.9 Å². The Balaban J connectivity index is 2.14. The van der Waals surface area contributed by atoms with Crippen molar-refractivity contribution in [1.82, 2.24) is 0 Å². The van der Waals surface area contributed by atoms with E-state index in [4.69, 9.17) is 16.3 Å². The number of carbonyl (C=O) groups excluding carboxylic acids is 1. The Bertz CT molecular complexity index is 616. The van der Waals surface area contributed by atoms with Gasteiger partial charge >= 0.3 is 0 Å². The zero-order valence-corrected chi connectivity index (χ0v) is 12.0. The van der Waals surface area contributed by atoms with E-state index in [2.05, 4.69) is 15.9 Å². The van der Waals surface area contributed by atoms with Crippen LogP contribution in [0.4, 0.5) is 4.39 Å². The number of hydrogen-bond donors (Lipinski definition) is 0. The minimum absolute atomic E-state index is 0.0479. The molecule has 19 heavy (non-hydrogen) atoms. The van der Waals surface area contributed by atoms with Crippen molar-refractivity contribution in [3.63, 3.8) is 0 Å². The topological polar surface area (TPSA) is 26.3 Å². The average molecular weight is 344 g/mol. The molecule has 0 aliphatic heterocycles. The number of carbonyl (C=O) groups is 1. The number of ether oxygens (including phenoxy) is 1. The Morgan fingerprint density at radius 1 is 1.26 bits per heavy atom. The number of halogens is 3. The molecule has 0 N–H and O–H groups in total. The molecule has 2 aromatic carbocycles. The quantitative estimate of drug-likeness (QED) is 0.756. The van der Waals surface area contributed by atoms with Gasteiger partial charge in [-0.3, -0.25) is 4.79 Å². The predicted octanol–water partition coefficient (Wildman–Crippen LogP) is 4.63. The van der Waals surface area contributed by atoms with Crippen LogP contribution in [-0.2, 0) is 6.61 Å². The molecule has 0 aliphatic rings. The zero-order valence-electron chi connectivity index (χ0n) is 9.70. The maximum atomic E-state index is 13.5. The smallest absolute Gasteiger partial charge is 0.151 e. The molecular formula is C14H9BrClFO2. The monoisotopic (exact) mass is 342 g/mol. The summed E-state index contributed by atoms with van der Waals surface area (Å²) in [7, 11) is 0. The molecule has 0 heterocycles. The lowest BCUT2D eigenvalue weighted by molar-refractivity contribution is 0.112. The lowest BCUT2D eigenvalue weighted by Gasteiger charge is -2.08. The van der Waals surface area contributed by atoms with Crippen LogP contribution in [-0.4, -0.2) is 6.29 Å². The number of hydrogen-bond acceptors (Lipinski definition) is 2. The molecular weight excluding hydrogens is 335 g/mol. The van der Waals surface area contributed by atoms with Gasteiger partial charge in [0.05, 0.1) is 0 Å². The molecule has 0 aliphatic carbocycles. The van der Waals surface area contributed by atoms with Gasteiger partial charge < -0.3 is 4.74 Å². The molecule has 2 nitrogen and oxygen atoms in total. The van der Waals surface area contributed by atoms with Gasteiger partial charge in [0.15, 0.2) is 6.29 Å². The van der Waals surface area contributed by atoms with E-state index >= 15 is 0 Å². The summed E-state index contributed by atoms with van der Waals surface area (Å²) in [6.45, 7) is 0.0479. The second-order valence-corrected chi connectivity index (χ2v) is 5.12. The fraction of sp³-hybridized carbons (Fsp3) is 0.0714. The van der Waals surface area contributed by atoms with Crippen LogP contribution in [0.3, 0.4) is 0 Å². The molecule has 0 radical (unpaired) electrons. The van der Waals surface area contributed by atoms with Crippen LogP contribution in [0.1, 0.15) is 15.9 Å². The summed E-state index contributed by atoms with van der Waals surface area (Å²) in [6.07, 6.45) is 0.719. The van der Waals surface area contributed by atoms with Crippen LogP contribution in [0.25, 0.3) is 0 Å². The number of benzene rings is 2. The Morgan fingerprint density at radius 2 is 2.05 bits per heavy atom. The molecule has 2 rings (SSSR count). The van der Waals surface area contributed by atoms with Gasteiger partial charge in [-0.05, 0) is 36.4 Å². The summed E-state index contributed by atoms with van der Waals surface area (Å²) in [5, 5.41) is 0.449. The summed E-state index contributed by atoms with van der Waals surface area (Å²) in [5.41, 5.74) is 0.840. The number of aldehydes is 1. The van der Waals surface area contributed by atoms with Crippen molar-refractivity contribution >= 4 is 33.8 Å². The van der Waals surface area contributed by atoms with E-state index in [-0.39, 0.29) is 12.4 Å². The van der Waals surface area contributed by atoms with Gasteiger partial charge in [0.25, 0.3) is 0 Å².